The Morgan fingerprint density at radius 1 is 1.24 bits per heavy atom. The molecule has 0 aliphatic heterocycles. The van der Waals surface area contributed by atoms with Gasteiger partial charge >= 0.3 is 0 Å². The number of pyridine rings is 1. The Morgan fingerprint density at radius 3 is 2.72 bits per heavy atom. The zero-order valence-electron chi connectivity index (χ0n) is 15.8. The zero-order valence-corrected chi connectivity index (χ0v) is 15.8. The van der Waals surface area contributed by atoms with Crippen LogP contribution in [0.25, 0.3) is 0 Å². The van der Waals surface area contributed by atoms with Gasteiger partial charge in [-0.3, -0.25) is 0 Å². The largest absolute Gasteiger partial charge is 0.481 e. The summed E-state index contributed by atoms with van der Waals surface area (Å²) < 4.78 is 10.5. The highest BCUT2D eigenvalue weighted by Gasteiger charge is 2.33. The first-order chi connectivity index (χ1) is 12.2. The first-order valence-corrected chi connectivity index (χ1v) is 9.22. The molecule has 0 saturated heterocycles. The number of aromatic nitrogens is 1. The van der Waals surface area contributed by atoms with E-state index >= 15 is 0 Å². The molecule has 0 aromatic carbocycles. The van der Waals surface area contributed by atoms with Gasteiger partial charge in [0.25, 0.3) is 0 Å². The molecule has 1 aliphatic rings. The summed E-state index contributed by atoms with van der Waals surface area (Å²) in [4.78, 5) is 9.09. The van der Waals surface area contributed by atoms with Gasteiger partial charge in [-0.15, -0.1) is 0 Å². The molecule has 1 heterocycles. The fraction of sp³-hybridized carbons (Fsp3) is 0.684. The molecule has 0 amide bonds. The van der Waals surface area contributed by atoms with Crippen LogP contribution in [-0.4, -0.2) is 44.9 Å². The van der Waals surface area contributed by atoms with Gasteiger partial charge in [-0.1, -0.05) is 18.9 Å². The van der Waals surface area contributed by atoms with E-state index in [1.165, 1.54) is 25.7 Å². The molecule has 6 heteroatoms. The van der Waals surface area contributed by atoms with Crippen molar-refractivity contribution in [2.45, 2.75) is 45.6 Å². The van der Waals surface area contributed by atoms with Crippen LogP contribution in [0, 0.1) is 5.41 Å². The van der Waals surface area contributed by atoms with E-state index in [1.807, 2.05) is 18.2 Å². The fourth-order valence-electron chi connectivity index (χ4n) is 3.39. The molecular formula is C19H32N4O2. The van der Waals surface area contributed by atoms with Gasteiger partial charge in [-0.2, -0.15) is 0 Å². The molecule has 1 fully saturated rings. The van der Waals surface area contributed by atoms with E-state index in [9.17, 15) is 0 Å². The number of rotatable bonds is 9. The molecule has 140 valence electrons. The van der Waals surface area contributed by atoms with Gasteiger partial charge in [-0.25, -0.2) is 9.98 Å². The molecular weight excluding hydrogens is 316 g/mol. The predicted octanol–water partition coefficient (Wildman–Crippen LogP) is 2.74. The van der Waals surface area contributed by atoms with Crippen molar-refractivity contribution in [2.75, 3.05) is 33.9 Å². The van der Waals surface area contributed by atoms with Crippen molar-refractivity contribution in [3.8, 4) is 5.88 Å². The van der Waals surface area contributed by atoms with Gasteiger partial charge in [0, 0.05) is 32.9 Å². The van der Waals surface area contributed by atoms with Crippen LogP contribution in [0.5, 0.6) is 5.88 Å². The van der Waals surface area contributed by atoms with E-state index in [0.717, 1.165) is 37.8 Å². The second kappa shape index (κ2) is 10.2. The van der Waals surface area contributed by atoms with E-state index in [-0.39, 0.29) is 0 Å². The number of aliphatic imine (C=N–C) groups is 1. The Kier molecular flexibility index (Phi) is 7.98. The van der Waals surface area contributed by atoms with Crippen molar-refractivity contribution in [2.24, 2.45) is 10.4 Å². The summed E-state index contributed by atoms with van der Waals surface area (Å²) in [6.07, 6.45) is 6.26. The molecule has 1 aromatic rings. The molecule has 2 N–H and O–H groups in total. The summed E-state index contributed by atoms with van der Waals surface area (Å²) in [5.74, 6) is 1.46. The monoisotopic (exact) mass is 348 g/mol. The van der Waals surface area contributed by atoms with Crippen molar-refractivity contribution in [3.63, 3.8) is 0 Å². The topological polar surface area (TPSA) is 67.8 Å². The maximum atomic E-state index is 5.32. The van der Waals surface area contributed by atoms with Crippen LogP contribution in [0.1, 0.15) is 44.7 Å². The Hall–Kier alpha value is -1.82. The number of nitrogens with zero attached hydrogens (tertiary/aromatic N) is 2. The summed E-state index contributed by atoms with van der Waals surface area (Å²) in [5, 5.41) is 6.86. The second-order valence-corrected chi connectivity index (χ2v) is 6.67. The van der Waals surface area contributed by atoms with Crippen LogP contribution >= 0.6 is 0 Å². The lowest BCUT2D eigenvalue weighted by Crippen LogP contribution is -2.43. The molecule has 6 nitrogen and oxygen atoms in total. The molecule has 0 bridgehead atoms. The second-order valence-electron chi connectivity index (χ2n) is 6.67. The van der Waals surface area contributed by atoms with Crippen molar-refractivity contribution < 1.29 is 9.47 Å². The Labute approximate surface area is 151 Å². The average Bonchev–Trinajstić information content (AvgIpc) is 3.11. The Balaban J connectivity index is 1.96. The third kappa shape index (κ3) is 6.20. The van der Waals surface area contributed by atoms with Gasteiger partial charge < -0.3 is 20.1 Å². The molecule has 2 rings (SSSR count). The first kappa shape index (κ1) is 19.5. The minimum atomic E-state index is 0.334. The van der Waals surface area contributed by atoms with Gasteiger partial charge in [0.05, 0.1) is 19.3 Å². The number of ether oxygens (including phenoxy) is 2. The molecule has 1 aliphatic carbocycles. The van der Waals surface area contributed by atoms with E-state index in [2.05, 4.69) is 27.5 Å². The van der Waals surface area contributed by atoms with E-state index in [1.54, 1.807) is 14.2 Å². The average molecular weight is 348 g/mol. The van der Waals surface area contributed by atoms with Crippen molar-refractivity contribution in [1.82, 2.24) is 15.6 Å². The SMILES string of the molecule is CCNC(=NCc1cccc(OC)n1)NCC1(CCOC)CCCC1. The lowest BCUT2D eigenvalue weighted by Gasteiger charge is -2.30. The first-order valence-electron chi connectivity index (χ1n) is 9.22. The normalized spacial score (nSPS) is 16.7. The molecule has 0 spiro atoms. The van der Waals surface area contributed by atoms with E-state index < -0.39 is 0 Å². The van der Waals surface area contributed by atoms with Crippen LogP contribution in [0.2, 0.25) is 0 Å². The van der Waals surface area contributed by atoms with Gasteiger partial charge in [0.2, 0.25) is 5.88 Å². The quantitative estimate of drug-likeness (QED) is 0.530. The van der Waals surface area contributed by atoms with Gasteiger partial charge in [0.15, 0.2) is 5.96 Å². The van der Waals surface area contributed by atoms with E-state index in [4.69, 9.17) is 9.47 Å². The minimum absolute atomic E-state index is 0.334. The third-order valence-corrected chi connectivity index (χ3v) is 4.87. The summed E-state index contributed by atoms with van der Waals surface area (Å²) in [6.45, 7) is 5.20. The van der Waals surface area contributed by atoms with Crippen molar-refractivity contribution >= 4 is 5.96 Å². The molecule has 25 heavy (non-hydrogen) atoms. The summed E-state index contributed by atoms with van der Waals surface area (Å²) in [6, 6.07) is 5.75. The zero-order chi connectivity index (χ0) is 18.0. The molecule has 0 unspecified atom stereocenters. The highest BCUT2D eigenvalue weighted by Crippen LogP contribution is 2.40. The maximum absolute atomic E-state index is 5.32. The van der Waals surface area contributed by atoms with E-state index in [0.29, 0.717) is 17.8 Å². The highest BCUT2D eigenvalue weighted by atomic mass is 16.5. The summed E-state index contributed by atoms with van der Waals surface area (Å²) in [7, 11) is 3.41. The van der Waals surface area contributed by atoms with Crippen molar-refractivity contribution in [3.05, 3.63) is 23.9 Å². The van der Waals surface area contributed by atoms with Crippen molar-refractivity contribution in [1.29, 1.82) is 0 Å². The molecule has 0 atom stereocenters. The molecule has 0 radical (unpaired) electrons. The standard InChI is InChI=1S/C19H32N4O2/c1-4-20-18(21-14-16-8-7-9-17(23-16)25-3)22-15-19(12-13-24-2)10-5-6-11-19/h7-9H,4-6,10-15H2,1-3H3,(H2,20,21,22). The number of nitrogens with one attached hydrogen (secondary N) is 2. The summed E-state index contributed by atoms with van der Waals surface area (Å²) in [5.41, 5.74) is 1.23. The lowest BCUT2D eigenvalue weighted by molar-refractivity contribution is 0.138. The summed E-state index contributed by atoms with van der Waals surface area (Å²) >= 11 is 0. The highest BCUT2D eigenvalue weighted by molar-refractivity contribution is 5.79. The number of guanidine groups is 1. The third-order valence-electron chi connectivity index (χ3n) is 4.87. The van der Waals surface area contributed by atoms with Gasteiger partial charge in [-0.05, 0) is 37.7 Å². The maximum Gasteiger partial charge on any atom is 0.213 e. The number of hydrogen-bond donors (Lipinski definition) is 2. The Bertz CT molecular complexity index is 542. The number of methoxy groups -OCH3 is 2. The van der Waals surface area contributed by atoms with Crippen LogP contribution in [0.3, 0.4) is 0 Å². The molecule has 1 aromatic heterocycles. The van der Waals surface area contributed by atoms with Crippen LogP contribution in [0.15, 0.2) is 23.2 Å². The molecule has 1 saturated carbocycles. The fourth-order valence-corrected chi connectivity index (χ4v) is 3.39. The smallest absolute Gasteiger partial charge is 0.213 e. The predicted molar refractivity (Wildman–Crippen MR) is 101 cm³/mol. The van der Waals surface area contributed by atoms with Crippen LogP contribution < -0.4 is 15.4 Å². The minimum Gasteiger partial charge on any atom is -0.481 e. The lowest BCUT2D eigenvalue weighted by atomic mass is 9.83. The van der Waals surface area contributed by atoms with Gasteiger partial charge in [0.1, 0.15) is 0 Å². The van der Waals surface area contributed by atoms with Crippen LogP contribution in [-0.2, 0) is 11.3 Å². The Morgan fingerprint density at radius 2 is 2.04 bits per heavy atom. The van der Waals surface area contributed by atoms with Crippen LogP contribution in [0.4, 0.5) is 0 Å². The number of hydrogen-bond acceptors (Lipinski definition) is 4.